The van der Waals surface area contributed by atoms with Crippen LogP contribution in [0.25, 0.3) is 0 Å². The Kier molecular flexibility index (Phi) is 10.1. The molecule has 1 atom stereocenters. The first-order valence-corrected chi connectivity index (χ1v) is 10.2. The van der Waals surface area contributed by atoms with Gasteiger partial charge >= 0.3 is 0 Å². The summed E-state index contributed by atoms with van der Waals surface area (Å²) >= 11 is 6.44. The van der Waals surface area contributed by atoms with Gasteiger partial charge in [-0.2, -0.15) is 0 Å². The summed E-state index contributed by atoms with van der Waals surface area (Å²) < 4.78 is 25.3. The zero-order valence-electron chi connectivity index (χ0n) is 17.2. The summed E-state index contributed by atoms with van der Waals surface area (Å²) in [7, 11) is 0. The van der Waals surface area contributed by atoms with E-state index < -0.39 is 6.10 Å². The number of aliphatic hydroxyl groups is 1. The van der Waals surface area contributed by atoms with Crippen LogP contribution in [-0.2, 0) is 13.2 Å². The van der Waals surface area contributed by atoms with Gasteiger partial charge in [-0.05, 0) is 36.2 Å². The molecule has 2 N–H and O–H groups in total. The van der Waals surface area contributed by atoms with Gasteiger partial charge in [-0.15, -0.1) is 12.4 Å². The van der Waals surface area contributed by atoms with Gasteiger partial charge in [0, 0.05) is 18.7 Å². The summed E-state index contributed by atoms with van der Waals surface area (Å²) in [5, 5.41) is 13.9. The molecule has 0 aromatic heterocycles. The van der Waals surface area contributed by atoms with Crippen molar-refractivity contribution < 1.29 is 19.0 Å². The van der Waals surface area contributed by atoms with E-state index in [0.29, 0.717) is 41.8 Å². The number of benzene rings is 3. The van der Waals surface area contributed by atoms with Crippen molar-refractivity contribution >= 4 is 24.0 Å². The third-order valence-corrected chi connectivity index (χ3v) is 4.83. The van der Waals surface area contributed by atoms with E-state index in [1.165, 1.54) is 6.07 Å². The molecule has 166 valence electrons. The Morgan fingerprint density at radius 1 is 1.03 bits per heavy atom. The average Bonchev–Trinajstić information content (AvgIpc) is 2.75. The van der Waals surface area contributed by atoms with Crippen molar-refractivity contribution in [3.05, 3.63) is 94.3 Å². The molecule has 4 nitrogen and oxygen atoms in total. The quantitative estimate of drug-likeness (QED) is 0.403. The van der Waals surface area contributed by atoms with E-state index in [1.807, 2.05) is 43.3 Å². The van der Waals surface area contributed by atoms with Crippen molar-refractivity contribution in [3.8, 4) is 11.5 Å². The molecule has 0 radical (unpaired) electrons. The van der Waals surface area contributed by atoms with Gasteiger partial charge in [-0.3, -0.25) is 0 Å². The second-order valence-corrected chi connectivity index (χ2v) is 7.18. The molecule has 0 aliphatic heterocycles. The van der Waals surface area contributed by atoms with Crippen LogP contribution < -0.4 is 14.8 Å². The van der Waals surface area contributed by atoms with Gasteiger partial charge < -0.3 is 19.9 Å². The van der Waals surface area contributed by atoms with E-state index in [4.69, 9.17) is 21.1 Å². The maximum atomic E-state index is 13.9. The van der Waals surface area contributed by atoms with E-state index in [1.54, 1.807) is 24.3 Å². The van der Waals surface area contributed by atoms with Gasteiger partial charge in [0.2, 0.25) is 0 Å². The first-order valence-electron chi connectivity index (χ1n) is 9.83. The lowest BCUT2D eigenvalue weighted by Gasteiger charge is -2.16. The fraction of sp³-hybridized carbons (Fsp3) is 0.250. The Balaban J connectivity index is 0.00000341. The topological polar surface area (TPSA) is 50.7 Å². The maximum absolute atomic E-state index is 13.9. The molecule has 3 aromatic rings. The molecular weight excluding hydrogens is 440 g/mol. The number of nitrogens with one attached hydrogen (secondary N) is 1. The number of hydrogen-bond donors (Lipinski definition) is 2. The van der Waals surface area contributed by atoms with Crippen LogP contribution in [0.1, 0.15) is 29.7 Å². The molecule has 7 heteroatoms. The monoisotopic (exact) mass is 465 g/mol. The highest BCUT2D eigenvalue weighted by Gasteiger charge is 2.14. The van der Waals surface area contributed by atoms with Crippen molar-refractivity contribution in [3.63, 3.8) is 0 Å². The lowest BCUT2D eigenvalue weighted by atomic mass is 10.1. The molecule has 1 unspecified atom stereocenters. The molecule has 0 spiro atoms. The molecule has 0 heterocycles. The van der Waals surface area contributed by atoms with Crippen LogP contribution in [0, 0.1) is 5.82 Å². The van der Waals surface area contributed by atoms with Crippen molar-refractivity contribution in [2.24, 2.45) is 0 Å². The highest BCUT2D eigenvalue weighted by Crippen LogP contribution is 2.37. The van der Waals surface area contributed by atoms with Crippen LogP contribution >= 0.6 is 24.0 Å². The second-order valence-electron chi connectivity index (χ2n) is 6.78. The van der Waals surface area contributed by atoms with E-state index in [9.17, 15) is 9.50 Å². The smallest absolute Gasteiger partial charge is 0.180 e. The summed E-state index contributed by atoms with van der Waals surface area (Å²) in [6, 6.07) is 19.5. The highest BCUT2D eigenvalue weighted by atomic mass is 35.5. The molecule has 0 fully saturated rings. The lowest BCUT2D eigenvalue weighted by Crippen LogP contribution is -2.21. The number of ether oxygens (including phenoxy) is 2. The minimum atomic E-state index is -0.601. The van der Waals surface area contributed by atoms with Crippen LogP contribution in [0.15, 0.2) is 66.7 Å². The zero-order chi connectivity index (χ0) is 21.3. The number of aliphatic hydroxyl groups excluding tert-OH is 1. The largest absolute Gasteiger partial charge is 0.490 e. The summed E-state index contributed by atoms with van der Waals surface area (Å²) in [6.45, 7) is 3.26. The fourth-order valence-corrected chi connectivity index (χ4v) is 3.33. The van der Waals surface area contributed by atoms with Crippen molar-refractivity contribution in [1.29, 1.82) is 0 Å². The molecule has 0 bridgehead atoms. The Morgan fingerprint density at radius 2 is 1.74 bits per heavy atom. The van der Waals surface area contributed by atoms with Crippen LogP contribution in [0.4, 0.5) is 4.39 Å². The molecular formula is C24H26Cl2FNO3. The Morgan fingerprint density at radius 3 is 2.45 bits per heavy atom. The Bertz CT molecular complexity index is 957. The number of rotatable bonds is 10. The number of halogens is 3. The summed E-state index contributed by atoms with van der Waals surface area (Å²) in [6.07, 6.45) is -0.601. The third-order valence-electron chi connectivity index (χ3n) is 4.55. The van der Waals surface area contributed by atoms with Gasteiger partial charge in [-0.25, -0.2) is 4.39 Å². The fourth-order valence-electron chi connectivity index (χ4n) is 3.04. The van der Waals surface area contributed by atoms with Gasteiger partial charge in [0.05, 0.1) is 17.7 Å². The third kappa shape index (κ3) is 7.11. The van der Waals surface area contributed by atoms with E-state index in [2.05, 4.69) is 5.32 Å². The standard InChI is InChI=1S/C24H25ClFNO3.ClH/c1-2-29-23-13-17(14-27-15-22(28)18-8-4-3-5-9-18)12-20(25)24(23)30-16-19-10-6-7-11-21(19)26;/h3-13,22,27-28H,2,14-16H2,1H3;1H. The minimum Gasteiger partial charge on any atom is -0.490 e. The normalized spacial score (nSPS) is 11.5. The molecule has 3 aromatic carbocycles. The van der Waals surface area contributed by atoms with Crippen LogP contribution in [0.3, 0.4) is 0 Å². The second kappa shape index (κ2) is 12.5. The molecule has 0 saturated carbocycles. The van der Waals surface area contributed by atoms with Crippen LogP contribution in [0.2, 0.25) is 5.02 Å². The molecule has 0 saturated heterocycles. The number of hydrogen-bond acceptors (Lipinski definition) is 4. The molecule has 0 aliphatic carbocycles. The zero-order valence-corrected chi connectivity index (χ0v) is 18.8. The maximum Gasteiger partial charge on any atom is 0.180 e. The van der Waals surface area contributed by atoms with Gasteiger partial charge in [0.15, 0.2) is 11.5 Å². The van der Waals surface area contributed by atoms with E-state index >= 15 is 0 Å². The molecule has 0 aliphatic rings. The van der Waals surface area contributed by atoms with Crippen LogP contribution in [-0.4, -0.2) is 18.3 Å². The van der Waals surface area contributed by atoms with Crippen molar-refractivity contribution in [2.75, 3.05) is 13.2 Å². The van der Waals surface area contributed by atoms with Gasteiger partial charge in [0.1, 0.15) is 12.4 Å². The highest BCUT2D eigenvalue weighted by molar-refractivity contribution is 6.32. The molecule has 3 rings (SSSR count). The summed E-state index contributed by atoms with van der Waals surface area (Å²) in [4.78, 5) is 0. The first kappa shape index (κ1) is 25.0. The lowest BCUT2D eigenvalue weighted by molar-refractivity contribution is 0.174. The SMILES string of the molecule is CCOc1cc(CNCC(O)c2ccccc2)cc(Cl)c1OCc1ccccc1F.Cl. The van der Waals surface area contributed by atoms with Gasteiger partial charge in [0.25, 0.3) is 0 Å². The molecule has 31 heavy (non-hydrogen) atoms. The summed E-state index contributed by atoms with van der Waals surface area (Å²) in [5.41, 5.74) is 2.19. The first-order chi connectivity index (χ1) is 14.6. The predicted molar refractivity (Wildman–Crippen MR) is 124 cm³/mol. The van der Waals surface area contributed by atoms with Crippen molar-refractivity contribution in [2.45, 2.75) is 26.2 Å². The predicted octanol–water partition coefficient (Wildman–Crippen LogP) is 5.70. The molecule has 0 amide bonds. The van der Waals surface area contributed by atoms with Crippen molar-refractivity contribution in [1.82, 2.24) is 5.32 Å². The van der Waals surface area contributed by atoms with Crippen LogP contribution in [0.5, 0.6) is 11.5 Å². The minimum absolute atomic E-state index is 0. The Labute approximate surface area is 193 Å². The average molecular weight is 466 g/mol. The van der Waals surface area contributed by atoms with E-state index in [-0.39, 0.29) is 24.8 Å². The summed E-state index contributed by atoms with van der Waals surface area (Å²) in [5.74, 6) is 0.556. The Hall–Kier alpha value is -2.31. The van der Waals surface area contributed by atoms with Gasteiger partial charge in [-0.1, -0.05) is 60.1 Å². The van der Waals surface area contributed by atoms with E-state index in [0.717, 1.165) is 11.1 Å².